The zero-order valence-corrected chi connectivity index (χ0v) is 24.0. The second-order valence-corrected chi connectivity index (χ2v) is 11.7. The highest BCUT2D eigenvalue weighted by atomic mass is 32.2. The van der Waals surface area contributed by atoms with Crippen molar-refractivity contribution >= 4 is 17.9 Å². The van der Waals surface area contributed by atoms with E-state index in [-0.39, 0.29) is 12.0 Å². The molecule has 0 aliphatic heterocycles. The van der Waals surface area contributed by atoms with Gasteiger partial charge in [0.05, 0.1) is 4.75 Å². The SMILES string of the molecule is CN(CCSC(c1ccccc1)(c1ccccc1)c1ccccc1)C(=O)OCC1c2ccccc2-c2ccccc21. The van der Waals surface area contributed by atoms with Gasteiger partial charge in [0, 0.05) is 25.3 Å². The van der Waals surface area contributed by atoms with E-state index >= 15 is 0 Å². The van der Waals surface area contributed by atoms with E-state index in [2.05, 4.69) is 140 Å². The van der Waals surface area contributed by atoms with Crippen LogP contribution >= 0.6 is 11.8 Å². The predicted molar refractivity (Wildman–Crippen MR) is 169 cm³/mol. The lowest BCUT2D eigenvalue weighted by atomic mass is 9.84. The van der Waals surface area contributed by atoms with Crippen LogP contribution in [0.5, 0.6) is 0 Å². The molecule has 0 N–H and O–H groups in total. The van der Waals surface area contributed by atoms with Crippen LogP contribution in [0.3, 0.4) is 0 Å². The molecule has 0 saturated heterocycles. The third-order valence-corrected chi connectivity index (χ3v) is 9.46. The predicted octanol–water partition coefficient (Wildman–Crippen LogP) is 8.59. The van der Waals surface area contributed by atoms with Crippen LogP contribution in [0.25, 0.3) is 11.1 Å². The molecule has 3 nitrogen and oxygen atoms in total. The van der Waals surface area contributed by atoms with E-state index in [1.165, 1.54) is 38.9 Å². The zero-order chi connectivity index (χ0) is 28.1. The molecule has 1 aliphatic carbocycles. The van der Waals surface area contributed by atoms with Gasteiger partial charge >= 0.3 is 6.09 Å². The van der Waals surface area contributed by atoms with Crippen LogP contribution in [-0.2, 0) is 9.48 Å². The molecule has 0 unspecified atom stereocenters. The van der Waals surface area contributed by atoms with Gasteiger partial charge in [-0.1, -0.05) is 140 Å². The number of benzene rings is 5. The van der Waals surface area contributed by atoms with Gasteiger partial charge in [0.1, 0.15) is 6.61 Å². The van der Waals surface area contributed by atoms with E-state index in [1.54, 1.807) is 4.90 Å². The summed E-state index contributed by atoms with van der Waals surface area (Å²) in [5.41, 5.74) is 8.54. The van der Waals surface area contributed by atoms with Gasteiger partial charge in [-0.25, -0.2) is 4.79 Å². The Labute approximate surface area is 246 Å². The number of ether oxygens (including phenoxy) is 1. The van der Waals surface area contributed by atoms with Crippen molar-refractivity contribution in [2.45, 2.75) is 10.7 Å². The smallest absolute Gasteiger partial charge is 0.409 e. The minimum atomic E-state index is -0.411. The molecular weight excluding hydrogens is 522 g/mol. The molecule has 0 saturated carbocycles. The molecule has 0 fully saturated rings. The Morgan fingerprint density at radius 1 is 0.659 bits per heavy atom. The van der Waals surface area contributed by atoms with Crippen molar-refractivity contribution in [2.24, 2.45) is 0 Å². The first kappa shape index (κ1) is 26.9. The molecule has 5 aromatic rings. The highest BCUT2D eigenvalue weighted by Gasteiger charge is 2.37. The Bertz CT molecular complexity index is 1460. The average Bonchev–Trinajstić information content (AvgIpc) is 3.36. The number of nitrogens with zero attached hydrogens (tertiary/aromatic N) is 1. The molecule has 204 valence electrons. The molecule has 0 aromatic heterocycles. The van der Waals surface area contributed by atoms with Crippen molar-refractivity contribution in [3.8, 4) is 11.1 Å². The van der Waals surface area contributed by atoms with Crippen LogP contribution in [0.4, 0.5) is 4.79 Å². The summed E-state index contributed by atoms with van der Waals surface area (Å²) in [5, 5.41) is 0. The Kier molecular flexibility index (Phi) is 7.93. The number of carbonyl (C=O) groups excluding carboxylic acids is 1. The molecule has 5 aromatic carbocycles. The standard InChI is InChI=1S/C37H33NO2S/c1-38(36(39)40-27-35-33-23-13-11-21-31(33)32-22-12-14-24-34(32)35)25-26-41-37(28-15-5-2-6-16-28,29-17-7-3-8-18-29)30-19-9-4-10-20-30/h2-24,35H,25-27H2,1H3. The number of rotatable bonds is 9. The van der Waals surface area contributed by atoms with Crippen LogP contribution in [0.15, 0.2) is 140 Å². The normalized spacial score (nSPS) is 12.4. The number of carbonyl (C=O) groups is 1. The Balaban J connectivity index is 1.18. The van der Waals surface area contributed by atoms with E-state index in [0.717, 1.165) is 5.75 Å². The minimum absolute atomic E-state index is 0.0519. The largest absolute Gasteiger partial charge is 0.448 e. The van der Waals surface area contributed by atoms with Crippen LogP contribution < -0.4 is 0 Å². The molecule has 0 bridgehead atoms. The number of hydrogen-bond donors (Lipinski definition) is 0. The Hall–Kier alpha value is -4.28. The van der Waals surface area contributed by atoms with Crippen molar-refractivity contribution < 1.29 is 9.53 Å². The van der Waals surface area contributed by atoms with Crippen LogP contribution in [0, 0.1) is 0 Å². The molecule has 4 heteroatoms. The second-order valence-electron chi connectivity index (χ2n) is 10.4. The van der Waals surface area contributed by atoms with E-state index in [9.17, 15) is 4.79 Å². The summed E-state index contributed by atoms with van der Waals surface area (Å²) in [5.74, 6) is 0.787. The maximum absolute atomic E-state index is 13.2. The summed E-state index contributed by atoms with van der Waals surface area (Å²) >= 11 is 1.85. The summed E-state index contributed by atoms with van der Waals surface area (Å²) < 4.78 is 5.50. The van der Waals surface area contributed by atoms with Gasteiger partial charge < -0.3 is 9.64 Å². The van der Waals surface area contributed by atoms with Gasteiger partial charge in [-0.15, -0.1) is 11.8 Å². The van der Waals surface area contributed by atoms with Gasteiger partial charge in [-0.05, 0) is 38.9 Å². The van der Waals surface area contributed by atoms with Crippen LogP contribution in [-0.4, -0.2) is 36.9 Å². The molecule has 0 spiro atoms. The molecule has 0 atom stereocenters. The summed E-state index contributed by atoms with van der Waals surface area (Å²) in [6.07, 6.45) is -0.294. The van der Waals surface area contributed by atoms with Gasteiger partial charge in [-0.2, -0.15) is 0 Å². The fraction of sp³-hybridized carbons (Fsp3) is 0.162. The Morgan fingerprint density at radius 2 is 1.07 bits per heavy atom. The molecule has 0 radical (unpaired) electrons. The summed E-state index contributed by atoms with van der Waals surface area (Å²) in [4.78, 5) is 14.9. The molecule has 0 heterocycles. The zero-order valence-electron chi connectivity index (χ0n) is 23.1. The minimum Gasteiger partial charge on any atom is -0.448 e. The van der Waals surface area contributed by atoms with E-state index in [0.29, 0.717) is 13.2 Å². The van der Waals surface area contributed by atoms with Gasteiger partial charge in [0.2, 0.25) is 0 Å². The van der Waals surface area contributed by atoms with Gasteiger partial charge in [0.25, 0.3) is 0 Å². The molecule has 1 aliphatic rings. The lowest BCUT2D eigenvalue weighted by molar-refractivity contribution is 0.110. The highest BCUT2D eigenvalue weighted by molar-refractivity contribution is 8.00. The van der Waals surface area contributed by atoms with Crippen molar-refractivity contribution in [1.29, 1.82) is 0 Å². The van der Waals surface area contributed by atoms with Crippen molar-refractivity contribution in [1.82, 2.24) is 4.90 Å². The topological polar surface area (TPSA) is 29.5 Å². The summed E-state index contributed by atoms with van der Waals surface area (Å²) in [7, 11) is 1.83. The average molecular weight is 556 g/mol. The number of hydrogen-bond acceptors (Lipinski definition) is 3. The lowest BCUT2D eigenvalue weighted by Gasteiger charge is -2.36. The third kappa shape index (κ3) is 5.28. The molecule has 41 heavy (non-hydrogen) atoms. The highest BCUT2D eigenvalue weighted by Crippen LogP contribution is 2.48. The first-order valence-electron chi connectivity index (χ1n) is 14.0. The van der Waals surface area contributed by atoms with Crippen molar-refractivity contribution in [3.63, 3.8) is 0 Å². The number of fused-ring (bicyclic) bond motifs is 3. The molecule has 6 rings (SSSR count). The maximum Gasteiger partial charge on any atom is 0.409 e. The fourth-order valence-corrected chi connectivity index (χ4v) is 7.48. The van der Waals surface area contributed by atoms with Gasteiger partial charge in [0.15, 0.2) is 0 Å². The third-order valence-electron chi connectivity index (χ3n) is 7.93. The first-order chi connectivity index (χ1) is 20.2. The first-order valence-corrected chi connectivity index (χ1v) is 15.0. The quantitative estimate of drug-likeness (QED) is 0.171. The summed E-state index contributed by atoms with van der Waals surface area (Å²) in [6, 6.07) is 48.8. The van der Waals surface area contributed by atoms with E-state index < -0.39 is 4.75 Å². The van der Waals surface area contributed by atoms with E-state index in [1.807, 2.05) is 18.8 Å². The Morgan fingerprint density at radius 3 is 1.54 bits per heavy atom. The monoisotopic (exact) mass is 555 g/mol. The molecular formula is C37H33NO2S. The summed E-state index contributed by atoms with van der Waals surface area (Å²) in [6.45, 7) is 0.891. The lowest BCUT2D eigenvalue weighted by Crippen LogP contribution is -2.33. The van der Waals surface area contributed by atoms with E-state index in [4.69, 9.17) is 4.74 Å². The van der Waals surface area contributed by atoms with Gasteiger partial charge in [-0.3, -0.25) is 0 Å². The number of amides is 1. The fourth-order valence-electron chi connectivity index (χ4n) is 5.90. The van der Waals surface area contributed by atoms with Crippen molar-refractivity contribution in [3.05, 3.63) is 167 Å². The van der Waals surface area contributed by atoms with Crippen LogP contribution in [0.1, 0.15) is 33.7 Å². The van der Waals surface area contributed by atoms with Crippen molar-refractivity contribution in [2.75, 3.05) is 26.0 Å². The number of thioether (sulfide) groups is 1. The second kappa shape index (κ2) is 12.1. The molecule has 1 amide bonds. The maximum atomic E-state index is 13.2. The van der Waals surface area contributed by atoms with Crippen LogP contribution in [0.2, 0.25) is 0 Å².